The maximum absolute atomic E-state index is 13.0. The van der Waals surface area contributed by atoms with Crippen molar-refractivity contribution < 1.29 is 33.3 Å². The van der Waals surface area contributed by atoms with Gasteiger partial charge < -0.3 is 33.4 Å². The van der Waals surface area contributed by atoms with Gasteiger partial charge in [-0.25, -0.2) is 0 Å². The van der Waals surface area contributed by atoms with Crippen molar-refractivity contribution in [2.24, 2.45) is 0 Å². The largest absolute Gasteiger partial charge is 0.502 e. The highest BCUT2D eigenvalue weighted by Gasteiger charge is 2.29. The predicted octanol–water partition coefficient (Wildman–Crippen LogP) is 1.89. The smallest absolute Gasteiger partial charge is 0.227 e. The van der Waals surface area contributed by atoms with Gasteiger partial charge in [-0.1, -0.05) is 6.07 Å². The van der Waals surface area contributed by atoms with Crippen molar-refractivity contribution in [3.05, 3.63) is 51.6 Å². The second-order valence-electron chi connectivity index (χ2n) is 7.09. The first-order chi connectivity index (χ1) is 15.0. The van der Waals surface area contributed by atoms with Crippen molar-refractivity contribution in [1.82, 2.24) is 4.90 Å². The molecule has 3 rings (SSSR count). The highest BCUT2D eigenvalue weighted by molar-refractivity contribution is 5.78. The molecular formula is C22H27NO8. The fraction of sp³-hybridized carbons (Fsp3) is 0.455. The minimum Gasteiger partial charge on any atom is -0.502 e. The summed E-state index contributed by atoms with van der Waals surface area (Å²) in [5, 5.41) is 10.5. The van der Waals surface area contributed by atoms with Gasteiger partial charge in [0.25, 0.3) is 0 Å². The topological polar surface area (TPSA) is 108 Å². The highest BCUT2D eigenvalue weighted by Crippen LogP contribution is 2.38. The number of carbonyl (C=O) groups is 1. The van der Waals surface area contributed by atoms with Crippen molar-refractivity contribution in [3.8, 4) is 17.2 Å². The number of hydrogen-bond donors (Lipinski definition) is 1. The van der Waals surface area contributed by atoms with Crippen molar-refractivity contribution in [1.29, 1.82) is 0 Å². The van der Waals surface area contributed by atoms with Gasteiger partial charge in [0.05, 0.1) is 33.4 Å². The van der Waals surface area contributed by atoms with E-state index in [4.69, 9.17) is 23.4 Å². The molecule has 1 atom stereocenters. The standard InChI is InChI=1S/C22H27NO8/c1-27-13-15-11-17(24)21(26)22(31-15)16(12-20(25)23-6-8-30-9-7-23)14-4-5-18(28-2)19(10-14)29-3/h4-5,10-11,16,26H,6-9,12-13H2,1-3H3/t16-/m1/s1. The highest BCUT2D eigenvalue weighted by atomic mass is 16.5. The quantitative estimate of drug-likeness (QED) is 0.673. The molecule has 1 aromatic heterocycles. The van der Waals surface area contributed by atoms with Gasteiger partial charge in [0.2, 0.25) is 17.1 Å². The number of carbonyl (C=O) groups excluding carboxylic acids is 1. The van der Waals surface area contributed by atoms with Gasteiger partial charge in [-0.3, -0.25) is 9.59 Å². The Balaban J connectivity index is 2.06. The molecule has 1 aliphatic rings. The lowest BCUT2D eigenvalue weighted by atomic mass is 9.91. The van der Waals surface area contributed by atoms with Crippen molar-refractivity contribution in [3.63, 3.8) is 0 Å². The zero-order valence-electron chi connectivity index (χ0n) is 17.9. The summed E-state index contributed by atoms with van der Waals surface area (Å²) < 4.78 is 26.9. The van der Waals surface area contributed by atoms with Crippen LogP contribution < -0.4 is 14.9 Å². The van der Waals surface area contributed by atoms with Gasteiger partial charge in [-0.05, 0) is 17.7 Å². The number of aromatic hydroxyl groups is 1. The second-order valence-corrected chi connectivity index (χ2v) is 7.09. The lowest BCUT2D eigenvalue weighted by Gasteiger charge is -2.28. The van der Waals surface area contributed by atoms with Crippen LogP contribution in [-0.2, 0) is 20.9 Å². The Morgan fingerprint density at radius 2 is 1.84 bits per heavy atom. The predicted molar refractivity (Wildman–Crippen MR) is 111 cm³/mol. The van der Waals surface area contributed by atoms with Crippen LogP contribution in [0.15, 0.2) is 33.5 Å². The third-order valence-corrected chi connectivity index (χ3v) is 5.16. The Bertz CT molecular complexity index is 964. The van der Waals surface area contributed by atoms with E-state index in [2.05, 4.69) is 0 Å². The summed E-state index contributed by atoms with van der Waals surface area (Å²) >= 11 is 0. The van der Waals surface area contributed by atoms with E-state index in [1.54, 1.807) is 23.1 Å². The molecule has 9 nitrogen and oxygen atoms in total. The van der Waals surface area contributed by atoms with Gasteiger partial charge in [0, 0.05) is 32.7 Å². The first-order valence-corrected chi connectivity index (χ1v) is 9.90. The molecule has 0 unspecified atom stereocenters. The molecule has 0 radical (unpaired) electrons. The van der Waals surface area contributed by atoms with Gasteiger partial charge in [-0.2, -0.15) is 0 Å². The lowest BCUT2D eigenvalue weighted by molar-refractivity contribution is -0.135. The molecule has 31 heavy (non-hydrogen) atoms. The van der Waals surface area contributed by atoms with Crippen LogP contribution in [0.5, 0.6) is 17.2 Å². The van der Waals surface area contributed by atoms with Crippen molar-refractivity contribution >= 4 is 5.91 Å². The molecule has 1 N–H and O–H groups in total. The normalized spacial score (nSPS) is 14.9. The molecule has 1 fully saturated rings. The Hall–Kier alpha value is -3.04. The maximum atomic E-state index is 13.0. The van der Waals surface area contributed by atoms with E-state index in [0.717, 1.165) is 0 Å². The molecule has 1 saturated heterocycles. The summed E-state index contributed by atoms with van der Waals surface area (Å²) in [6, 6.07) is 6.34. The lowest BCUT2D eigenvalue weighted by Crippen LogP contribution is -2.41. The van der Waals surface area contributed by atoms with Crippen LogP contribution in [-0.4, -0.2) is 63.5 Å². The van der Waals surface area contributed by atoms with Gasteiger partial charge in [0.15, 0.2) is 17.3 Å². The van der Waals surface area contributed by atoms with Crippen LogP contribution >= 0.6 is 0 Å². The summed E-state index contributed by atoms with van der Waals surface area (Å²) in [6.07, 6.45) is -0.0115. The van der Waals surface area contributed by atoms with E-state index in [-0.39, 0.29) is 30.5 Å². The van der Waals surface area contributed by atoms with Gasteiger partial charge in [0.1, 0.15) is 12.4 Å². The minimum atomic E-state index is -0.723. The number of nitrogens with zero attached hydrogens (tertiary/aromatic N) is 1. The van der Waals surface area contributed by atoms with Gasteiger partial charge >= 0.3 is 0 Å². The molecule has 9 heteroatoms. The number of amides is 1. The number of ether oxygens (including phenoxy) is 4. The first kappa shape index (κ1) is 22.6. The van der Waals surface area contributed by atoms with Crippen LogP contribution in [0.2, 0.25) is 0 Å². The summed E-state index contributed by atoms with van der Waals surface area (Å²) in [7, 11) is 4.50. The van der Waals surface area contributed by atoms with Crippen LogP contribution in [0.1, 0.15) is 29.4 Å². The van der Waals surface area contributed by atoms with E-state index in [9.17, 15) is 14.7 Å². The Labute approximate surface area is 180 Å². The van der Waals surface area contributed by atoms with Crippen molar-refractivity contribution in [2.75, 3.05) is 47.6 Å². The first-order valence-electron chi connectivity index (χ1n) is 9.90. The van der Waals surface area contributed by atoms with Crippen LogP contribution in [0.4, 0.5) is 0 Å². The number of methoxy groups -OCH3 is 3. The average molecular weight is 433 g/mol. The summed E-state index contributed by atoms with van der Waals surface area (Å²) in [4.78, 5) is 27.1. The number of morpholine rings is 1. The molecule has 2 heterocycles. The monoisotopic (exact) mass is 433 g/mol. The van der Waals surface area contributed by atoms with Crippen molar-refractivity contribution in [2.45, 2.75) is 18.9 Å². The van der Waals surface area contributed by atoms with E-state index >= 15 is 0 Å². The van der Waals surface area contributed by atoms with Crippen LogP contribution in [0, 0.1) is 0 Å². The summed E-state index contributed by atoms with van der Waals surface area (Å²) in [5.74, 6) is -0.156. The summed E-state index contributed by atoms with van der Waals surface area (Å²) in [5.41, 5.74) is 0.0323. The molecule has 0 bridgehead atoms. The molecule has 1 aromatic carbocycles. The number of rotatable bonds is 8. The zero-order chi connectivity index (χ0) is 22.4. The molecular weight excluding hydrogens is 406 g/mol. The van der Waals surface area contributed by atoms with E-state index in [1.165, 1.54) is 27.4 Å². The summed E-state index contributed by atoms with van der Waals surface area (Å²) in [6.45, 7) is 1.96. The second kappa shape index (κ2) is 10.3. The fourth-order valence-electron chi connectivity index (χ4n) is 3.55. The minimum absolute atomic E-state index is 0.00776. The molecule has 0 spiro atoms. The molecule has 168 valence electrons. The number of hydrogen-bond acceptors (Lipinski definition) is 8. The molecule has 0 saturated carbocycles. The zero-order valence-corrected chi connectivity index (χ0v) is 17.9. The fourth-order valence-corrected chi connectivity index (χ4v) is 3.55. The van der Waals surface area contributed by atoms with Crippen LogP contribution in [0.25, 0.3) is 0 Å². The Morgan fingerprint density at radius 1 is 1.13 bits per heavy atom. The average Bonchev–Trinajstić information content (AvgIpc) is 2.80. The number of benzene rings is 1. The van der Waals surface area contributed by atoms with Gasteiger partial charge in [-0.15, -0.1) is 0 Å². The van der Waals surface area contributed by atoms with E-state index in [0.29, 0.717) is 43.4 Å². The van der Waals surface area contributed by atoms with E-state index < -0.39 is 17.1 Å². The SMILES string of the molecule is COCc1cc(=O)c(O)c([C@H](CC(=O)N2CCOCC2)c2ccc(OC)c(OC)c2)o1. The van der Waals surface area contributed by atoms with Crippen LogP contribution in [0.3, 0.4) is 0 Å². The molecule has 2 aromatic rings. The maximum Gasteiger partial charge on any atom is 0.227 e. The molecule has 1 amide bonds. The molecule has 1 aliphatic heterocycles. The molecule has 0 aliphatic carbocycles. The third kappa shape index (κ3) is 5.18. The third-order valence-electron chi connectivity index (χ3n) is 5.16. The Morgan fingerprint density at radius 3 is 2.48 bits per heavy atom. The Kier molecular flexibility index (Phi) is 7.54. The van der Waals surface area contributed by atoms with E-state index in [1.807, 2.05) is 0 Å².